The number of aromatic nitrogens is 2. The second-order valence-electron chi connectivity index (χ2n) is 17.3. The fourth-order valence-corrected chi connectivity index (χ4v) is 12.1. The van der Waals surface area contributed by atoms with Crippen molar-refractivity contribution in [3.05, 3.63) is 275 Å². The standard InChI is InChI=1S/C61H38N2/c1-3-19-39(20-4-1)41-35-56(40-21-5-2-6-22-40)62-59(36-41)63-57-34-18-10-26-45(57)47-37-55-46(38-58(47)63)44-25-9-13-29-50(44)61(55)53-32-16-14-30-51(53)60(52-31-15-17-33-54(52)61)48-27-11-7-23-42(48)43-24-8-12-28-49(43)60/h1-38H. The van der Waals surface area contributed by atoms with Crippen LogP contribution < -0.4 is 0 Å². The fraction of sp³-hybridized carbons (Fsp3) is 0.0328. The topological polar surface area (TPSA) is 17.8 Å². The third-order valence-electron chi connectivity index (χ3n) is 14.5. The molecule has 63 heavy (non-hydrogen) atoms. The lowest BCUT2D eigenvalue weighted by Gasteiger charge is -2.48. The Bertz CT molecular complexity index is 3530. The van der Waals surface area contributed by atoms with Crippen LogP contribution in [-0.2, 0) is 10.8 Å². The molecule has 2 heterocycles. The van der Waals surface area contributed by atoms with Crippen molar-refractivity contribution in [2.75, 3.05) is 0 Å². The van der Waals surface area contributed by atoms with Crippen LogP contribution in [0.15, 0.2) is 231 Å². The fourth-order valence-electron chi connectivity index (χ4n) is 12.1. The Labute approximate surface area is 366 Å². The van der Waals surface area contributed by atoms with Gasteiger partial charge in [-0.25, -0.2) is 4.98 Å². The number of hydrogen-bond acceptors (Lipinski definition) is 1. The number of pyridine rings is 1. The first-order valence-electron chi connectivity index (χ1n) is 22.0. The lowest BCUT2D eigenvalue weighted by Crippen LogP contribution is -2.43. The van der Waals surface area contributed by atoms with Crippen LogP contribution in [0.3, 0.4) is 0 Å². The summed E-state index contributed by atoms with van der Waals surface area (Å²) in [5.41, 5.74) is 21.5. The number of nitrogens with zero attached hydrogens (tertiary/aromatic N) is 2. The van der Waals surface area contributed by atoms with Crippen molar-refractivity contribution in [1.82, 2.24) is 9.55 Å². The molecule has 0 radical (unpaired) electrons. The van der Waals surface area contributed by atoms with Crippen LogP contribution in [0.2, 0.25) is 0 Å². The van der Waals surface area contributed by atoms with E-state index in [9.17, 15) is 0 Å². The Morgan fingerprint density at radius 1 is 0.286 bits per heavy atom. The summed E-state index contributed by atoms with van der Waals surface area (Å²) in [7, 11) is 0. The van der Waals surface area contributed by atoms with E-state index in [0.717, 1.165) is 39.2 Å². The maximum absolute atomic E-state index is 5.49. The Kier molecular flexibility index (Phi) is 7.00. The van der Waals surface area contributed by atoms with E-state index in [2.05, 4.69) is 235 Å². The molecule has 0 aliphatic heterocycles. The minimum atomic E-state index is -0.569. The van der Waals surface area contributed by atoms with Gasteiger partial charge in [0.25, 0.3) is 0 Å². The predicted molar refractivity (Wildman–Crippen MR) is 258 cm³/mol. The number of para-hydroxylation sites is 1. The second kappa shape index (κ2) is 12.7. The normalized spacial score (nSPS) is 14.3. The molecule has 0 N–H and O–H groups in total. The lowest BCUT2D eigenvalue weighted by atomic mass is 9.52. The van der Waals surface area contributed by atoms with Crippen LogP contribution in [0, 0.1) is 0 Å². The van der Waals surface area contributed by atoms with Crippen LogP contribution in [-0.4, -0.2) is 9.55 Å². The Morgan fingerprint density at radius 2 is 0.730 bits per heavy atom. The molecule has 0 saturated heterocycles. The van der Waals surface area contributed by atoms with Crippen LogP contribution in [0.1, 0.15) is 44.5 Å². The second-order valence-corrected chi connectivity index (χ2v) is 17.3. The van der Waals surface area contributed by atoms with E-state index < -0.39 is 10.8 Å². The minimum Gasteiger partial charge on any atom is -0.294 e. The number of benzene rings is 9. The molecule has 2 heteroatoms. The molecule has 0 fully saturated rings. The zero-order valence-corrected chi connectivity index (χ0v) is 34.3. The van der Waals surface area contributed by atoms with Crippen molar-refractivity contribution in [3.63, 3.8) is 0 Å². The molecule has 2 spiro atoms. The number of rotatable bonds is 3. The summed E-state index contributed by atoms with van der Waals surface area (Å²) in [4.78, 5) is 5.49. The molecule has 3 aliphatic carbocycles. The average Bonchev–Trinajstić information content (AvgIpc) is 3.95. The highest BCUT2D eigenvalue weighted by molar-refractivity contribution is 6.12. The van der Waals surface area contributed by atoms with Crippen LogP contribution in [0.4, 0.5) is 0 Å². The van der Waals surface area contributed by atoms with Gasteiger partial charge >= 0.3 is 0 Å². The van der Waals surface area contributed by atoms with Gasteiger partial charge in [0.15, 0.2) is 0 Å². The highest BCUT2D eigenvalue weighted by Crippen LogP contribution is 2.67. The molecule has 0 unspecified atom stereocenters. The molecule has 11 aromatic rings. The number of fused-ring (bicyclic) bond motifs is 19. The molecule has 0 saturated carbocycles. The molecule has 2 nitrogen and oxygen atoms in total. The predicted octanol–water partition coefficient (Wildman–Crippen LogP) is 14.6. The summed E-state index contributed by atoms with van der Waals surface area (Å²) in [5, 5.41) is 2.43. The Morgan fingerprint density at radius 3 is 1.30 bits per heavy atom. The Balaban J connectivity index is 1.10. The summed E-state index contributed by atoms with van der Waals surface area (Å²) in [6.45, 7) is 0. The summed E-state index contributed by atoms with van der Waals surface area (Å²) in [6.07, 6.45) is 0. The molecule has 0 atom stereocenters. The van der Waals surface area contributed by atoms with Gasteiger partial charge in [-0.3, -0.25) is 4.57 Å². The maximum atomic E-state index is 5.49. The first kappa shape index (κ1) is 34.6. The monoisotopic (exact) mass is 798 g/mol. The van der Waals surface area contributed by atoms with Gasteiger partial charge < -0.3 is 0 Å². The van der Waals surface area contributed by atoms with Crippen LogP contribution in [0.25, 0.3) is 72.3 Å². The van der Waals surface area contributed by atoms with E-state index in [-0.39, 0.29) is 0 Å². The van der Waals surface area contributed by atoms with Gasteiger partial charge in [0.05, 0.1) is 27.6 Å². The van der Waals surface area contributed by atoms with Crippen molar-refractivity contribution in [2.45, 2.75) is 10.8 Å². The van der Waals surface area contributed by atoms with Crippen molar-refractivity contribution < 1.29 is 0 Å². The average molecular weight is 799 g/mol. The van der Waals surface area contributed by atoms with Crippen molar-refractivity contribution in [2.24, 2.45) is 0 Å². The Hall–Kier alpha value is -8.07. The van der Waals surface area contributed by atoms with Crippen LogP contribution >= 0.6 is 0 Å². The first-order chi connectivity index (χ1) is 31.3. The van der Waals surface area contributed by atoms with Gasteiger partial charge in [-0.2, -0.15) is 0 Å². The van der Waals surface area contributed by atoms with E-state index in [4.69, 9.17) is 4.98 Å². The SMILES string of the molecule is c1ccc(-c2cc(-c3ccccc3)nc(-n3c4ccccc4c4cc5c(cc43)-c3ccccc3C53c4ccccc4C4(c5ccccc5-c5ccccc54)c4ccccc43)c2)cc1. The number of hydrogen-bond donors (Lipinski definition) is 0. The minimum absolute atomic E-state index is 0.477. The third kappa shape index (κ3) is 4.39. The third-order valence-corrected chi connectivity index (χ3v) is 14.5. The van der Waals surface area contributed by atoms with Gasteiger partial charge in [-0.05, 0) is 108 Å². The molecular weight excluding hydrogens is 761 g/mol. The molecule has 0 bridgehead atoms. The van der Waals surface area contributed by atoms with Crippen molar-refractivity contribution >= 4 is 21.8 Å². The van der Waals surface area contributed by atoms with E-state index in [1.54, 1.807) is 0 Å². The van der Waals surface area contributed by atoms with Gasteiger partial charge in [0.2, 0.25) is 0 Å². The molecule has 292 valence electrons. The maximum Gasteiger partial charge on any atom is 0.138 e. The van der Waals surface area contributed by atoms with Gasteiger partial charge in [-0.1, -0.05) is 200 Å². The summed E-state index contributed by atoms with van der Waals surface area (Å²) in [5.74, 6) is 0.899. The van der Waals surface area contributed by atoms with Gasteiger partial charge in [0, 0.05) is 16.3 Å². The van der Waals surface area contributed by atoms with Gasteiger partial charge in [0.1, 0.15) is 5.82 Å². The zero-order chi connectivity index (χ0) is 41.3. The summed E-state index contributed by atoms with van der Waals surface area (Å²) >= 11 is 0. The molecule has 3 aliphatic rings. The molecule has 0 amide bonds. The quantitative estimate of drug-likeness (QED) is 0.174. The van der Waals surface area contributed by atoms with Crippen LogP contribution in [0.5, 0.6) is 0 Å². The molecule has 2 aromatic heterocycles. The summed E-state index contributed by atoms with van der Waals surface area (Å²) < 4.78 is 2.40. The smallest absolute Gasteiger partial charge is 0.138 e. The van der Waals surface area contributed by atoms with E-state index in [1.165, 1.54) is 77.5 Å². The highest BCUT2D eigenvalue weighted by atomic mass is 15.1. The summed E-state index contributed by atoms with van der Waals surface area (Å²) in [6, 6.07) is 85.8. The van der Waals surface area contributed by atoms with Crippen molar-refractivity contribution in [3.8, 4) is 50.5 Å². The molecule has 14 rings (SSSR count). The first-order valence-corrected chi connectivity index (χ1v) is 22.0. The van der Waals surface area contributed by atoms with E-state index in [1.807, 2.05) is 0 Å². The lowest BCUT2D eigenvalue weighted by molar-refractivity contribution is 0.633. The zero-order valence-electron chi connectivity index (χ0n) is 34.3. The van der Waals surface area contributed by atoms with Crippen molar-refractivity contribution in [1.29, 1.82) is 0 Å². The van der Waals surface area contributed by atoms with E-state index in [0.29, 0.717) is 0 Å². The van der Waals surface area contributed by atoms with Gasteiger partial charge in [-0.15, -0.1) is 0 Å². The van der Waals surface area contributed by atoms with E-state index >= 15 is 0 Å². The molecule has 9 aromatic carbocycles. The largest absolute Gasteiger partial charge is 0.294 e. The highest BCUT2D eigenvalue weighted by Gasteiger charge is 2.59. The molecular formula is C61H38N2.